The minimum Gasteiger partial charge on any atom is -0.381 e. The van der Waals surface area contributed by atoms with Crippen LogP contribution in [-0.4, -0.2) is 76.4 Å². The van der Waals surface area contributed by atoms with Gasteiger partial charge in [0.2, 0.25) is 5.91 Å². The molecule has 0 spiro atoms. The minimum atomic E-state index is 0. The van der Waals surface area contributed by atoms with Crippen molar-refractivity contribution < 1.29 is 14.3 Å². The highest BCUT2D eigenvalue weighted by Gasteiger charge is 2.23. The zero-order valence-electron chi connectivity index (χ0n) is 19.3. The van der Waals surface area contributed by atoms with Crippen molar-refractivity contribution in [3.8, 4) is 0 Å². The van der Waals surface area contributed by atoms with E-state index in [-0.39, 0.29) is 36.4 Å². The molecule has 0 radical (unpaired) electrons. The van der Waals surface area contributed by atoms with E-state index in [0.717, 1.165) is 78.2 Å². The molecular weight excluding hydrogens is 519 g/mol. The zero-order chi connectivity index (χ0) is 21.7. The van der Waals surface area contributed by atoms with Crippen LogP contribution in [0.15, 0.2) is 35.3 Å². The van der Waals surface area contributed by atoms with E-state index in [1.807, 2.05) is 4.90 Å². The molecule has 1 atom stereocenters. The van der Waals surface area contributed by atoms with Crippen LogP contribution < -0.4 is 10.6 Å². The Morgan fingerprint density at radius 1 is 1.16 bits per heavy atom. The van der Waals surface area contributed by atoms with Gasteiger partial charge < -0.3 is 25.0 Å². The Hall–Kier alpha value is -1.39. The Kier molecular flexibility index (Phi) is 13.0. The molecule has 0 aliphatic carbocycles. The molecular formula is C24H39IN4O3. The van der Waals surface area contributed by atoms with Crippen molar-refractivity contribution >= 4 is 35.8 Å². The van der Waals surface area contributed by atoms with Gasteiger partial charge in [-0.25, -0.2) is 0 Å². The van der Waals surface area contributed by atoms with Crippen LogP contribution in [-0.2, 0) is 20.7 Å². The van der Waals surface area contributed by atoms with Gasteiger partial charge in [0.1, 0.15) is 0 Å². The number of ether oxygens (including phenoxy) is 2. The van der Waals surface area contributed by atoms with Crippen LogP contribution in [0.1, 0.15) is 31.2 Å². The van der Waals surface area contributed by atoms with Crippen molar-refractivity contribution in [3.63, 3.8) is 0 Å². The molecule has 2 N–H and O–H groups in total. The van der Waals surface area contributed by atoms with Gasteiger partial charge in [-0.15, -0.1) is 24.0 Å². The zero-order valence-corrected chi connectivity index (χ0v) is 21.6. The molecule has 1 aromatic carbocycles. The van der Waals surface area contributed by atoms with E-state index in [1.54, 1.807) is 7.05 Å². The number of carbonyl (C=O) groups is 1. The number of hydrogen-bond donors (Lipinski definition) is 2. The maximum absolute atomic E-state index is 12.6. The predicted molar refractivity (Wildman–Crippen MR) is 139 cm³/mol. The van der Waals surface area contributed by atoms with Gasteiger partial charge in [0, 0.05) is 45.8 Å². The van der Waals surface area contributed by atoms with Crippen molar-refractivity contribution in [2.75, 3.05) is 59.7 Å². The lowest BCUT2D eigenvalue weighted by molar-refractivity contribution is -0.131. The summed E-state index contributed by atoms with van der Waals surface area (Å²) in [6.07, 6.45) is 5.25. The largest absolute Gasteiger partial charge is 0.381 e. The summed E-state index contributed by atoms with van der Waals surface area (Å²) in [5.74, 6) is 2.02. The van der Waals surface area contributed by atoms with Crippen molar-refractivity contribution in [2.24, 2.45) is 16.8 Å². The summed E-state index contributed by atoms with van der Waals surface area (Å²) in [6.45, 7) is 5.92. The van der Waals surface area contributed by atoms with Crippen LogP contribution in [0.3, 0.4) is 0 Å². The molecule has 32 heavy (non-hydrogen) atoms. The molecule has 1 unspecified atom stereocenters. The van der Waals surface area contributed by atoms with Gasteiger partial charge in [-0.3, -0.25) is 9.79 Å². The van der Waals surface area contributed by atoms with Gasteiger partial charge in [-0.2, -0.15) is 0 Å². The number of nitrogens with one attached hydrogen (secondary N) is 2. The Bertz CT molecular complexity index is 675. The molecule has 0 bridgehead atoms. The second kappa shape index (κ2) is 15.4. The molecule has 2 aliphatic heterocycles. The summed E-state index contributed by atoms with van der Waals surface area (Å²) in [6, 6.07) is 10.6. The maximum atomic E-state index is 12.6. The number of benzene rings is 1. The van der Waals surface area contributed by atoms with Gasteiger partial charge in [0.15, 0.2) is 5.96 Å². The lowest BCUT2D eigenvalue weighted by atomic mass is 9.90. The number of nitrogens with zero attached hydrogens (tertiary/aromatic N) is 2. The molecule has 2 saturated heterocycles. The maximum Gasteiger partial charge on any atom is 0.241 e. The fourth-order valence-electron chi connectivity index (χ4n) is 4.17. The molecule has 8 heteroatoms. The smallest absolute Gasteiger partial charge is 0.241 e. The minimum absolute atomic E-state index is 0. The number of piperidine rings is 1. The number of hydrogen-bond acceptors (Lipinski definition) is 4. The van der Waals surface area contributed by atoms with E-state index in [2.05, 4.69) is 46.0 Å². The molecule has 2 heterocycles. The van der Waals surface area contributed by atoms with E-state index in [9.17, 15) is 4.79 Å². The highest BCUT2D eigenvalue weighted by molar-refractivity contribution is 14.0. The summed E-state index contributed by atoms with van der Waals surface area (Å²) in [5.41, 5.74) is 1.39. The standard InChI is InChI=1S/C24H38N4O3.HI/c1-25-24(26-11-5-14-30-18-22-10-15-31-19-22)27-17-23(29)28-12-8-21(9-13-28)16-20-6-3-2-4-7-20;/h2-4,6-7,21-22H,5,8-19H2,1H3,(H2,25,26,27);1H. The number of carbonyl (C=O) groups excluding carboxylic acids is 1. The average Bonchev–Trinajstić information content (AvgIpc) is 3.32. The van der Waals surface area contributed by atoms with Crippen LogP contribution in [0.25, 0.3) is 0 Å². The van der Waals surface area contributed by atoms with Gasteiger partial charge in [-0.05, 0) is 43.6 Å². The lowest BCUT2D eigenvalue weighted by Gasteiger charge is -2.32. The van der Waals surface area contributed by atoms with E-state index >= 15 is 0 Å². The van der Waals surface area contributed by atoms with Crippen molar-refractivity contribution in [3.05, 3.63) is 35.9 Å². The summed E-state index contributed by atoms with van der Waals surface area (Å²) in [5, 5.41) is 6.40. The van der Waals surface area contributed by atoms with Crippen LogP contribution in [0.4, 0.5) is 0 Å². The van der Waals surface area contributed by atoms with Crippen molar-refractivity contribution in [1.29, 1.82) is 0 Å². The Balaban J connectivity index is 0.00000363. The van der Waals surface area contributed by atoms with Gasteiger partial charge in [-0.1, -0.05) is 30.3 Å². The van der Waals surface area contributed by atoms with Crippen molar-refractivity contribution in [1.82, 2.24) is 15.5 Å². The first-order valence-electron chi connectivity index (χ1n) is 11.7. The predicted octanol–water partition coefficient (Wildman–Crippen LogP) is 2.69. The van der Waals surface area contributed by atoms with Gasteiger partial charge >= 0.3 is 0 Å². The first-order valence-corrected chi connectivity index (χ1v) is 11.7. The fraction of sp³-hybridized carbons (Fsp3) is 0.667. The Morgan fingerprint density at radius 3 is 2.62 bits per heavy atom. The number of halogens is 1. The van der Waals surface area contributed by atoms with Crippen LogP contribution in [0.5, 0.6) is 0 Å². The van der Waals surface area contributed by atoms with Crippen LogP contribution in [0.2, 0.25) is 0 Å². The second-order valence-corrected chi connectivity index (χ2v) is 8.52. The third-order valence-electron chi connectivity index (χ3n) is 6.10. The first kappa shape index (κ1) is 26.9. The number of likely N-dealkylation sites (tertiary alicyclic amines) is 1. The number of rotatable bonds is 10. The topological polar surface area (TPSA) is 75.2 Å². The highest BCUT2D eigenvalue weighted by Crippen LogP contribution is 2.21. The van der Waals surface area contributed by atoms with Crippen molar-refractivity contribution in [2.45, 2.75) is 32.1 Å². The van der Waals surface area contributed by atoms with E-state index < -0.39 is 0 Å². The summed E-state index contributed by atoms with van der Waals surface area (Å²) < 4.78 is 11.1. The monoisotopic (exact) mass is 558 g/mol. The third-order valence-corrected chi connectivity index (χ3v) is 6.10. The molecule has 0 aromatic heterocycles. The molecule has 2 fully saturated rings. The van der Waals surface area contributed by atoms with Crippen LogP contribution in [0, 0.1) is 11.8 Å². The normalized spacial score (nSPS) is 19.5. The first-order chi connectivity index (χ1) is 15.2. The molecule has 7 nitrogen and oxygen atoms in total. The molecule has 180 valence electrons. The molecule has 1 amide bonds. The second-order valence-electron chi connectivity index (χ2n) is 8.52. The van der Waals surface area contributed by atoms with Crippen LogP contribution >= 0.6 is 24.0 Å². The number of guanidine groups is 1. The summed E-state index contributed by atoms with van der Waals surface area (Å²) in [7, 11) is 1.73. The average molecular weight is 559 g/mol. The van der Waals surface area contributed by atoms with Gasteiger partial charge in [0.05, 0.1) is 19.8 Å². The highest BCUT2D eigenvalue weighted by atomic mass is 127. The number of aliphatic imine (C=N–C) groups is 1. The Labute approximate surface area is 209 Å². The SMILES string of the molecule is CN=C(NCCCOCC1CCOC1)NCC(=O)N1CCC(Cc2ccccc2)CC1.I. The van der Waals surface area contributed by atoms with E-state index in [1.165, 1.54) is 5.56 Å². The van der Waals surface area contributed by atoms with E-state index in [0.29, 0.717) is 17.8 Å². The molecule has 0 saturated carbocycles. The molecule has 2 aliphatic rings. The summed E-state index contributed by atoms with van der Waals surface area (Å²) in [4.78, 5) is 18.8. The molecule has 1 aromatic rings. The van der Waals surface area contributed by atoms with Gasteiger partial charge in [0.25, 0.3) is 0 Å². The third kappa shape index (κ3) is 9.62. The lowest BCUT2D eigenvalue weighted by Crippen LogP contribution is -2.47. The Morgan fingerprint density at radius 2 is 1.94 bits per heavy atom. The number of amides is 1. The quantitative estimate of drug-likeness (QED) is 0.200. The summed E-state index contributed by atoms with van der Waals surface area (Å²) >= 11 is 0. The molecule has 3 rings (SSSR count). The fourth-order valence-corrected chi connectivity index (χ4v) is 4.17. The van der Waals surface area contributed by atoms with E-state index in [4.69, 9.17) is 9.47 Å².